The fourth-order valence-corrected chi connectivity index (χ4v) is 1.97. The molecule has 0 saturated heterocycles. The molecule has 0 atom stereocenters. The van der Waals surface area contributed by atoms with Crippen molar-refractivity contribution in [1.29, 1.82) is 0 Å². The van der Waals surface area contributed by atoms with E-state index in [-0.39, 0.29) is 18.8 Å². The van der Waals surface area contributed by atoms with E-state index in [1.54, 1.807) is 25.3 Å². The van der Waals surface area contributed by atoms with Crippen molar-refractivity contribution in [2.75, 3.05) is 20.8 Å². The Balaban J connectivity index is 1.92. The lowest BCUT2D eigenvalue weighted by molar-refractivity contribution is -0.139. The van der Waals surface area contributed by atoms with Crippen LogP contribution in [0.3, 0.4) is 0 Å². The van der Waals surface area contributed by atoms with Gasteiger partial charge in [0.15, 0.2) is 0 Å². The Bertz CT molecular complexity index is 732. The zero-order valence-electron chi connectivity index (χ0n) is 13.1. The van der Waals surface area contributed by atoms with Crippen molar-refractivity contribution in [3.05, 3.63) is 40.7 Å². The molecule has 24 heavy (non-hydrogen) atoms. The summed E-state index contributed by atoms with van der Waals surface area (Å²) in [5.41, 5.74) is 0.712. The van der Waals surface area contributed by atoms with Crippen LogP contribution in [0.2, 0.25) is 5.02 Å². The largest absolute Gasteiger partial charge is 0.497 e. The molecule has 0 bridgehead atoms. The summed E-state index contributed by atoms with van der Waals surface area (Å²) >= 11 is 6.08. The Kier molecular flexibility index (Phi) is 6.02. The summed E-state index contributed by atoms with van der Waals surface area (Å²) in [4.78, 5) is 22.8. The van der Waals surface area contributed by atoms with Crippen molar-refractivity contribution in [2.45, 2.75) is 6.61 Å². The van der Waals surface area contributed by atoms with Gasteiger partial charge in [0.1, 0.15) is 30.3 Å². The third-order valence-corrected chi connectivity index (χ3v) is 3.30. The quantitative estimate of drug-likeness (QED) is 0.732. The van der Waals surface area contributed by atoms with Crippen LogP contribution in [0, 0.1) is 0 Å². The fraction of sp³-hybridized carbons (Fsp3) is 0.267. The molecule has 0 radical (unpaired) electrons. The molecule has 1 amide bonds. The second-order valence-electron chi connectivity index (χ2n) is 4.62. The van der Waals surface area contributed by atoms with E-state index in [4.69, 9.17) is 21.1 Å². The first-order valence-corrected chi connectivity index (χ1v) is 7.27. The van der Waals surface area contributed by atoms with Gasteiger partial charge in [-0.2, -0.15) is 5.10 Å². The monoisotopic (exact) mass is 353 g/mol. The zero-order chi connectivity index (χ0) is 17.5. The van der Waals surface area contributed by atoms with Crippen LogP contribution in [0.1, 0.15) is 16.2 Å². The number of H-pyrrole nitrogens is 1. The van der Waals surface area contributed by atoms with E-state index in [1.807, 2.05) is 0 Å². The average molecular weight is 354 g/mol. The van der Waals surface area contributed by atoms with Crippen molar-refractivity contribution in [1.82, 2.24) is 15.5 Å². The van der Waals surface area contributed by atoms with Crippen LogP contribution in [-0.2, 0) is 16.1 Å². The molecule has 8 nitrogen and oxygen atoms in total. The number of halogens is 1. The molecule has 1 aromatic heterocycles. The van der Waals surface area contributed by atoms with Gasteiger partial charge >= 0.3 is 5.97 Å². The molecule has 2 N–H and O–H groups in total. The standard InChI is InChI=1S/C15H16ClN3O5/c1-22-10-3-4-13(11(16)6-10)24-8-9-5-12(19-18-9)15(21)17-7-14(20)23-2/h3-6H,7-8H2,1-2H3,(H,17,21)(H,18,19). The van der Waals surface area contributed by atoms with Crippen LogP contribution in [0.15, 0.2) is 24.3 Å². The smallest absolute Gasteiger partial charge is 0.325 e. The average Bonchev–Trinajstić information content (AvgIpc) is 3.07. The van der Waals surface area contributed by atoms with Crippen LogP contribution in [0.4, 0.5) is 0 Å². The predicted octanol–water partition coefficient (Wildman–Crippen LogP) is 1.55. The summed E-state index contributed by atoms with van der Waals surface area (Å²) in [5.74, 6) is 0.0594. The van der Waals surface area contributed by atoms with Gasteiger partial charge in [-0.25, -0.2) is 0 Å². The van der Waals surface area contributed by atoms with E-state index >= 15 is 0 Å². The number of nitrogens with one attached hydrogen (secondary N) is 2. The first-order valence-electron chi connectivity index (χ1n) is 6.89. The molecule has 0 saturated carbocycles. The molecular weight excluding hydrogens is 338 g/mol. The van der Waals surface area contributed by atoms with E-state index < -0.39 is 11.9 Å². The molecule has 0 aliphatic carbocycles. The highest BCUT2D eigenvalue weighted by Crippen LogP contribution is 2.29. The number of aromatic nitrogens is 2. The van der Waals surface area contributed by atoms with Crippen LogP contribution >= 0.6 is 11.6 Å². The lowest BCUT2D eigenvalue weighted by atomic mass is 10.3. The molecule has 0 aliphatic heterocycles. The summed E-state index contributed by atoms with van der Waals surface area (Å²) in [5, 5.41) is 9.33. The van der Waals surface area contributed by atoms with Crippen molar-refractivity contribution >= 4 is 23.5 Å². The first-order chi connectivity index (χ1) is 11.5. The Morgan fingerprint density at radius 3 is 2.75 bits per heavy atom. The number of nitrogens with zero attached hydrogens (tertiary/aromatic N) is 1. The van der Waals surface area contributed by atoms with E-state index in [0.717, 1.165) is 0 Å². The first kappa shape index (κ1) is 17.6. The highest BCUT2D eigenvalue weighted by molar-refractivity contribution is 6.32. The second kappa shape index (κ2) is 8.21. The molecule has 2 rings (SSSR count). The topological polar surface area (TPSA) is 103 Å². The number of carbonyl (C=O) groups is 2. The van der Waals surface area contributed by atoms with Crippen LogP contribution in [0.25, 0.3) is 0 Å². The number of hydrogen-bond acceptors (Lipinski definition) is 6. The SMILES string of the molecule is COC(=O)CNC(=O)c1cc(COc2ccc(OC)cc2Cl)[nH]n1. The predicted molar refractivity (Wildman–Crippen MR) is 85.3 cm³/mol. The minimum atomic E-state index is -0.545. The van der Waals surface area contributed by atoms with Crippen molar-refractivity contribution < 1.29 is 23.8 Å². The number of hydrogen-bond donors (Lipinski definition) is 2. The zero-order valence-corrected chi connectivity index (χ0v) is 13.8. The van der Waals surface area contributed by atoms with Crippen LogP contribution in [0.5, 0.6) is 11.5 Å². The van der Waals surface area contributed by atoms with E-state index in [1.165, 1.54) is 13.2 Å². The number of methoxy groups -OCH3 is 2. The molecule has 1 heterocycles. The summed E-state index contributed by atoms with van der Waals surface area (Å²) in [6.07, 6.45) is 0. The minimum Gasteiger partial charge on any atom is -0.497 e. The van der Waals surface area contributed by atoms with Gasteiger partial charge in [0.25, 0.3) is 5.91 Å². The van der Waals surface area contributed by atoms with Crippen molar-refractivity contribution in [3.63, 3.8) is 0 Å². The normalized spacial score (nSPS) is 10.1. The van der Waals surface area contributed by atoms with Crippen molar-refractivity contribution in [3.8, 4) is 11.5 Å². The van der Waals surface area contributed by atoms with E-state index in [9.17, 15) is 9.59 Å². The van der Waals surface area contributed by atoms with Gasteiger partial charge in [-0.3, -0.25) is 14.7 Å². The fourth-order valence-electron chi connectivity index (χ4n) is 1.75. The maximum Gasteiger partial charge on any atom is 0.325 e. The molecule has 2 aromatic rings. The molecule has 0 unspecified atom stereocenters. The Morgan fingerprint density at radius 1 is 1.29 bits per heavy atom. The molecular formula is C15H16ClN3O5. The number of carbonyl (C=O) groups excluding carboxylic acids is 2. The summed E-state index contributed by atoms with van der Waals surface area (Å²) in [6, 6.07) is 6.56. The number of aromatic amines is 1. The number of rotatable bonds is 7. The lowest BCUT2D eigenvalue weighted by Gasteiger charge is -2.08. The van der Waals surface area contributed by atoms with Gasteiger partial charge < -0.3 is 19.5 Å². The maximum atomic E-state index is 11.8. The third-order valence-electron chi connectivity index (χ3n) is 3.01. The molecule has 0 spiro atoms. The molecule has 1 aromatic carbocycles. The van der Waals surface area contributed by atoms with Gasteiger partial charge in [0.05, 0.1) is 24.9 Å². The highest BCUT2D eigenvalue weighted by atomic mass is 35.5. The number of amides is 1. The van der Waals surface area contributed by atoms with E-state index in [2.05, 4.69) is 20.3 Å². The van der Waals surface area contributed by atoms with Gasteiger partial charge in [0.2, 0.25) is 0 Å². The molecule has 128 valence electrons. The van der Waals surface area contributed by atoms with Gasteiger partial charge in [-0.1, -0.05) is 11.6 Å². The van der Waals surface area contributed by atoms with Gasteiger partial charge in [-0.05, 0) is 18.2 Å². The highest BCUT2D eigenvalue weighted by Gasteiger charge is 2.12. The van der Waals surface area contributed by atoms with Gasteiger partial charge in [0, 0.05) is 6.07 Å². The summed E-state index contributed by atoms with van der Waals surface area (Å²) in [7, 11) is 2.78. The van der Waals surface area contributed by atoms with Gasteiger partial charge in [-0.15, -0.1) is 0 Å². The van der Waals surface area contributed by atoms with Crippen LogP contribution < -0.4 is 14.8 Å². The number of benzene rings is 1. The molecule has 0 aliphatic rings. The number of esters is 1. The minimum absolute atomic E-state index is 0.137. The number of ether oxygens (including phenoxy) is 3. The second-order valence-corrected chi connectivity index (χ2v) is 5.03. The lowest BCUT2D eigenvalue weighted by Crippen LogP contribution is -2.30. The Hall–Kier alpha value is -2.74. The molecule has 9 heteroatoms. The maximum absolute atomic E-state index is 11.8. The third kappa shape index (κ3) is 4.63. The van der Waals surface area contributed by atoms with Crippen LogP contribution in [-0.4, -0.2) is 42.8 Å². The Labute approximate surface area is 143 Å². The summed E-state index contributed by atoms with van der Waals surface area (Å²) < 4.78 is 15.1. The van der Waals surface area contributed by atoms with Crippen molar-refractivity contribution in [2.24, 2.45) is 0 Å². The van der Waals surface area contributed by atoms with E-state index in [0.29, 0.717) is 22.2 Å². The Morgan fingerprint density at radius 2 is 2.08 bits per heavy atom. The summed E-state index contributed by atoms with van der Waals surface area (Å²) in [6.45, 7) is -0.0845. The molecule has 0 fully saturated rings.